The number of nitrogens with one attached hydrogen (secondary N) is 1. The topological polar surface area (TPSA) is 60.2 Å². The summed E-state index contributed by atoms with van der Waals surface area (Å²) >= 11 is 5.87. The van der Waals surface area contributed by atoms with Crippen molar-refractivity contribution < 1.29 is 4.74 Å². The molecule has 1 heterocycles. The first-order valence-electron chi connectivity index (χ1n) is 7.42. The number of rotatable bonds is 7. The highest BCUT2D eigenvalue weighted by Gasteiger charge is 2.09. The van der Waals surface area contributed by atoms with E-state index < -0.39 is 0 Å². The molecule has 5 heteroatoms. The Morgan fingerprint density at radius 3 is 2.64 bits per heavy atom. The van der Waals surface area contributed by atoms with Crippen LogP contribution < -0.4 is 15.8 Å². The Morgan fingerprint density at radius 1 is 1.23 bits per heavy atom. The van der Waals surface area contributed by atoms with Gasteiger partial charge in [0.15, 0.2) is 0 Å². The SMILES string of the molecule is CC(C)C[C@H](N)CNc1cccnc1Oc1ccc(Cl)cc1. The highest BCUT2D eigenvalue weighted by Crippen LogP contribution is 2.27. The molecule has 0 fully saturated rings. The van der Waals surface area contributed by atoms with Crippen LogP contribution in [0.1, 0.15) is 20.3 Å². The summed E-state index contributed by atoms with van der Waals surface area (Å²) in [5, 5.41) is 3.98. The molecule has 1 atom stereocenters. The van der Waals surface area contributed by atoms with Crippen LogP contribution in [0.5, 0.6) is 11.6 Å². The van der Waals surface area contributed by atoms with Gasteiger partial charge in [-0.15, -0.1) is 0 Å². The number of nitrogens with two attached hydrogens (primary N) is 1. The van der Waals surface area contributed by atoms with Crippen LogP contribution >= 0.6 is 11.6 Å². The Hall–Kier alpha value is -1.78. The number of ether oxygens (including phenoxy) is 1. The first-order chi connectivity index (χ1) is 10.5. The summed E-state index contributed by atoms with van der Waals surface area (Å²) in [7, 11) is 0. The Morgan fingerprint density at radius 2 is 1.95 bits per heavy atom. The molecule has 0 aliphatic carbocycles. The van der Waals surface area contributed by atoms with Gasteiger partial charge in [0.05, 0.1) is 5.69 Å². The van der Waals surface area contributed by atoms with Crippen LogP contribution in [0, 0.1) is 5.92 Å². The summed E-state index contributed by atoms with van der Waals surface area (Å²) in [5.41, 5.74) is 6.93. The van der Waals surface area contributed by atoms with E-state index in [2.05, 4.69) is 24.1 Å². The Labute approximate surface area is 136 Å². The van der Waals surface area contributed by atoms with Crippen molar-refractivity contribution in [2.24, 2.45) is 11.7 Å². The molecule has 22 heavy (non-hydrogen) atoms. The standard InChI is InChI=1S/C17H22ClN3O/c1-12(2)10-14(19)11-21-16-4-3-9-20-17(16)22-15-7-5-13(18)6-8-15/h3-9,12,14,21H,10-11,19H2,1-2H3/t14-/m0/s1. The number of anilines is 1. The maximum Gasteiger partial charge on any atom is 0.242 e. The molecule has 0 radical (unpaired) electrons. The summed E-state index contributed by atoms with van der Waals surface area (Å²) < 4.78 is 5.80. The third-order valence-corrected chi connectivity index (χ3v) is 3.38. The molecule has 0 unspecified atom stereocenters. The summed E-state index contributed by atoms with van der Waals surface area (Å²) in [6.45, 7) is 5.01. The normalized spacial score (nSPS) is 12.2. The zero-order valence-electron chi connectivity index (χ0n) is 12.9. The fourth-order valence-corrected chi connectivity index (χ4v) is 2.28. The average Bonchev–Trinajstić information content (AvgIpc) is 2.48. The van der Waals surface area contributed by atoms with Gasteiger partial charge in [-0.25, -0.2) is 4.98 Å². The van der Waals surface area contributed by atoms with E-state index in [1.54, 1.807) is 18.3 Å². The Bertz CT molecular complexity index is 587. The van der Waals surface area contributed by atoms with Gasteiger partial charge in [-0.05, 0) is 48.7 Å². The van der Waals surface area contributed by atoms with E-state index in [0.29, 0.717) is 29.1 Å². The molecular formula is C17H22ClN3O. The fraction of sp³-hybridized carbons (Fsp3) is 0.353. The largest absolute Gasteiger partial charge is 0.437 e. The van der Waals surface area contributed by atoms with Gasteiger partial charge in [-0.1, -0.05) is 25.4 Å². The van der Waals surface area contributed by atoms with Crippen molar-refractivity contribution in [2.45, 2.75) is 26.3 Å². The van der Waals surface area contributed by atoms with Crippen molar-refractivity contribution >= 4 is 17.3 Å². The Kier molecular flexibility index (Phi) is 6.04. The third-order valence-electron chi connectivity index (χ3n) is 3.13. The zero-order valence-corrected chi connectivity index (χ0v) is 13.7. The first-order valence-corrected chi connectivity index (χ1v) is 7.80. The molecule has 3 N–H and O–H groups in total. The second kappa shape index (κ2) is 8.01. The predicted molar refractivity (Wildman–Crippen MR) is 91.7 cm³/mol. The molecule has 1 aromatic carbocycles. The summed E-state index contributed by atoms with van der Waals surface area (Å²) in [5.74, 6) is 1.80. The molecule has 118 valence electrons. The second-order valence-corrected chi connectivity index (χ2v) is 6.12. The highest BCUT2D eigenvalue weighted by atomic mass is 35.5. The monoisotopic (exact) mass is 319 g/mol. The van der Waals surface area contributed by atoms with Crippen molar-refractivity contribution in [3.63, 3.8) is 0 Å². The van der Waals surface area contributed by atoms with Crippen LogP contribution in [0.2, 0.25) is 5.02 Å². The molecule has 4 nitrogen and oxygen atoms in total. The van der Waals surface area contributed by atoms with Gasteiger partial charge in [-0.3, -0.25) is 0 Å². The number of halogens is 1. The summed E-state index contributed by atoms with van der Waals surface area (Å²) in [6, 6.07) is 11.1. The molecule has 1 aromatic heterocycles. The van der Waals surface area contributed by atoms with E-state index in [0.717, 1.165) is 12.1 Å². The quantitative estimate of drug-likeness (QED) is 0.798. The van der Waals surface area contributed by atoms with Crippen LogP contribution in [0.15, 0.2) is 42.6 Å². The lowest BCUT2D eigenvalue weighted by molar-refractivity contribution is 0.463. The number of hydrogen-bond donors (Lipinski definition) is 2. The molecule has 0 spiro atoms. The van der Waals surface area contributed by atoms with E-state index in [-0.39, 0.29) is 6.04 Å². The molecular weight excluding hydrogens is 298 g/mol. The zero-order chi connectivity index (χ0) is 15.9. The van der Waals surface area contributed by atoms with E-state index in [1.807, 2.05) is 24.3 Å². The minimum absolute atomic E-state index is 0.101. The number of benzene rings is 1. The van der Waals surface area contributed by atoms with Crippen LogP contribution in [0.25, 0.3) is 0 Å². The number of nitrogens with zero attached hydrogens (tertiary/aromatic N) is 1. The second-order valence-electron chi connectivity index (χ2n) is 5.68. The average molecular weight is 320 g/mol. The van der Waals surface area contributed by atoms with E-state index >= 15 is 0 Å². The van der Waals surface area contributed by atoms with Crippen LogP contribution in [0.4, 0.5) is 5.69 Å². The van der Waals surface area contributed by atoms with Crippen molar-refractivity contribution in [3.8, 4) is 11.6 Å². The lowest BCUT2D eigenvalue weighted by atomic mass is 10.0. The van der Waals surface area contributed by atoms with Gasteiger partial charge < -0.3 is 15.8 Å². The highest BCUT2D eigenvalue weighted by molar-refractivity contribution is 6.30. The van der Waals surface area contributed by atoms with Gasteiger partial charge in [0.2, 0.25) is 5.88 Å². The molecule has 2 aromatic rings. The van der Waals surface area contributed by atoms with Crippen molar-refractivity contribution in [2.75, 3.05) is 11.9 Å². The van der Waals surface area contributed by atoms with Gasteiger partial charge in [0.25, 0.3) is 0 Å². The van der Waals surface area contributed by atoms with Crippen molar-refractivity contribution in [3.05, 3.63) is 47.6 Å². The molecule has 0 aliphatic rings. The van der Waals surface area contributed by atoms with E-state index in [1.165, 1.54) is 0 Å². The minimum Gasteiger partial charge on any atom is -0.437 e. The van der Waals surface area contributed by atoms with Crippen LogP contribution in [0.3, 0.4) is 0 Å². The molecule has 0 saturated heterocycles. The lowest BCUT2D eigenvalue weighted by Gasteiger charge is -2.17. The molecule has 0 amide bonds. The van der Waals surface area contributed by atoms with Crippen molar-refractivity contribution in [1.82, 2.24) is 4.98 Å². The molecule has 0 bridgehead atoms. The van der Waals surface area contributed by atoms with Gasteiger partial charge in [0, 0.05) is 23.8 Å². The number of aromatic nitrogens is 1. The maximum atomic E-state index is 6.10. The summed E-state index contributed by atoms with van der Waals surface area (Å²) in [6.07, 6.45) is 2.67. The molecule has 2 rings (SSSR count). The van der Waals surface area contributed by atoms with Crippen LogP contribution in [-0.2, 0) is 0 Å². The van der Waals surface area contributed by atoms with E-state index in [4.69, 9.17) is 22.1 Å². The number of pyridine rings is 1. The molecule has 0 saturated carbocycles. The third kappa shape index (κ3) is 5.20. The van der Waals surface area contributed by atoms with Crippen LogP contribution in [-0.4, -0.2) is 17.6 Å². The predicted octanol–water partition coefficient (Wildman–Crippen LogP) is 4.31. The van der Waals surface area contributed by atoms with Crippen molar-refractivity contribution in [1.29, 1.82) is 0 Å². The maximum absolute atomic E-state index is 6.10. The Balaban J connectivity index is 2.02. The minimum atomic E-state index is 0.101. The fourth-order valence-electron chi connectivity index (χ4n) is 2.15. The number of hydrogen-bond acceptors (Lipinski definition) is 4. The van der Waals surface area contributed by atoms with E-state index in [9.17, 15) is 0 Å². The van der Waals surface area contributed by atoms with Gasteiger partial charge >= 0.3 is 0 Å². The lowest BCUT2D eigenvalue weighted by Crippen LogP contribution is -2.30. The van der Waals surface area contributed by atoms with Gasteiger partial charge in [0.1, 0.15) is 5.75 Å². The first kappa shape index (κ1) is 16.6. The molecule has 0 aliphatic heterocycles. The summed E-state index contributed by atoms with van der Waals surface area (Å²) in [4.78, 5) is 4.28. The van der Waals surface area contributed by atoms with Gasteiger partial charge in [-0.2, -0.15) is 0 Å². The smallest absolute Gasteiger partial charge is 0.242 e.